The third-order valence-corrected chi connectivity index (χ3v) is 7.49. The maximum Gasteiger partial charge on any atom is 0.259 e. The Labute approximate surface area is 199 Å². The van der Waals surface area contributed by atoms with Gasteiger partial charge in [-0.25, -0.2) is 0 Å². The summed E-state index contributed by atoms with van der Waals surface area (Å²) in [5.41, 5.74) is 1.21. The third kappa shape index (κ3) is 4.47. The lowest BCUT2D eigenvalue weighted by Gasteiger charge is -2.39. The average molecular weight is 471 g/mol. The van der Waals surface area contributed by atoms with Crippen molar-refractivity contribution in [3.63, 3.8) is 0 Å². The van der Waals surface area contributed by atoms with Gasteiger partial charge in [-0.05, 0) is 51.4 Å². The highest BCUT2D eigenvalue weighted by molar-refractivity contribution is 5.96. The first kappa shape index (κ1) is 23.0. The minimum Gasteiger partial charge on any atom is -0.423 e. The highest BCUT2D eigenvalue weighted by Crippen LogP contribution is 2.49. The first-order valence-electron chi connectivity index (χ1n) is 12.3. The van der Waals surface area contributed by atoms with Crippen molar-refractivity contribution in [2.75, 3.05) is 26.2 Å². The zero-order valence-corrected chi connectivity index (χ0v) is 20.5. The number of hydrogen-bond acceptors (Lipinski definition) is 8. The quantitative estimate of drug-likeness (QED) is 0.685. The fourth-order valence-corrected chi connectivity index (χ4v) is 5.35. The number of nitrogens with one attached hydrogen (secondary N) is 1. The van der Waals surface area contributed by atoms with Crippen LogP contribution < -0.4 is 5.32 Å². The first-order chi connectivity index (χ1) is 16.2. The van der Waals surface area contributed by atoms with Crippen molar-refractivity contribution >= 4 is 11.8 Å². The number of aromatic nitrogens is 3. The molecular formula is C24H34N6O4. The van der Waals surface area contributed by atoms with E-state index in [9.17, 15) is 9.59 Å². The van der Waals surface area contributed by atoms with E-state index in [2.05, 4.69) is 25.6 Å². The van der Waals surface area contributed by atoms with Crippen LogP contribution in [0.4, 0.5) is 0 Å². The van der Waals surface area contributed by atoms with Crippen LogP contribution in [0, 0.1) is 19.3 Å². The molecule has 2 saturated heterocycles. The number of piperidine rings is 1. The normalized spacial score (nSPS) is 22.6. The van der Waals surface area contributed by atoms with E-state index in [0.717, 1.165) is 38.6 Å². The van der Waals surface area contributed by atoms with Crippen molar-refractivity contribution in [1.82, 2.24) is 30.5 Å². The predicted molar refractivity (Wildman–Crippen MR) is 122 cm³/mol. The van der Waals surface area contributed by atoms with Crippen molar-refractivity contribution in [2.24, 2.45) is 5.41 Å². The van der Waals surface area contributed by atoms with Gasteiger partial charge < -0.3 is 19.2 Å². The summed E-state index contributed by atoms with van der Waals surface area (Å²) in [7, 11) is 0. The number of aryl methyl sites for hydroxylation is 2. The van der Waals surface area contributed by atoms with Crippen LogP contribution in [0.3, 0.4) is 0 Å². The molecule has 2 aromatic heterocycles. The van der Waals surface area contributed by atoms with Gasteiger partial charge in [-0.1, -0.05) is 19.0 Å². The summed E-state index contributed by atoms with van der Waals surface area (Å²) in [5, 5.41) is 15.6. The van der Waals surface area contributed by atoms with Crippen LogP contribution in [0.5, 0.6) is 0 Å². The number of hydrogen-bond donors (Lipinski definition) is 1. The van der Waals surface area contributed by atoms with Crippen LogP contribution in [-0.4, -0.2) is 69.2 Å². The molecule has 0 aromatic carbocycles. The Morgan fingerprint density at radius 2 is 1.91 bits per heavy atom. The molecule has 0 bridgehead atoms. The molecule has 5 rings (SSSR count). The van der Waals surface area contributed by atoms with E-state index in [1.165, 1.54) is 0 Å². The van der Waals surface area contributed by atoms with Crippen molar-refractivity contribution in [3.05, 3.63) is 28.8 Å². The molecule has 4 heterocycles. The lowest BCUT2D eigenvalue weighted by molar-refractivity contribution is -0.122. The molecule has 1 spiro atoms. The number of rotatable bonds is 6. The lowest BCUT2D eigenvalue weighted by atomic mass is 9.76. The van der Waals surface area contributed by atoms with E-state index in [0.29, 0.717) is 54.5 Å². The second-order valence-electron chi connectivity index (χ2n) is 10.6. The van der Waals surface area contributed by atoms with E-state index in [1.807, 2.05) is 18.7 Å². The Kier molecular flexibility index (Phi) is 5.95. The molecule has 1 atom stereocenters. The minimum atomic E-state index is -0.0882. The maximum atomic E-state index is 13.1. The molecule has 2 amide bonds. The fourth-order valence-electron chi connectivity index (χ4n) is 5.35. The zero-order valence-electron chi connectivity index (χ0n) is 20.5. The Bertz CT molecular complexity index is 1040. The summed E-state index contributed by atoms with van der Waals surface area (Å²) < 4.78 is 11.2. The van der Waals surface area contributed by atoms with Crippen molar-refractivity contribution in [3.8, 4) is 0 Å². The lowest BCUT2D eigenvalue weighted by Crippen LogP contribution is -2.45. The summed E-state index contributed by atoms with van der Waals surface area (Å²) in [5.74, 6) is 1.97. The second kappa shape index (κ2) is 8.79. The van der Waals surface area contributed by atoms with Gasteiger partial charge in [0, 0.05) is 31.6 Å². The summed E-state index contributed by atoms with van der Waals surface area (Å²) in [6.07, 6.45) is 4.71. The molecule has 1 aliphatic carbocycles. The molecule has 2 aliphatic heterocycles. The summed E-state index contributed by atoms with van der Waals surface area (Å²) in [6, 6.07) is 0.242. The number of carbonyl (C=O) groups excluding carboxylic acids is 2. The van der Waals surface area contributed by atoms with E-state index < -0.39 is 0 Å². The standard InChI is InChI=1S/C24H34N6O4/c1-14(2)21-26-27-22(33-21)18-11-24(13-30(18)12-19(31)25-17-5-6-17)7-9-29(10-8-24)23(32)20-15(3)28-34-16(20)4/h14,17-18H,5-13H2,1-4H3,(H,25,31). The molecule has 1 unspecified atom stereocenters. The molecule has 3 fully saturated rings. The largest absolute Gasteiger partial charge is 0.423 e. The summed E-state index contributed by atoms with van der Waals surface area (Å²) in [4.78, 5) is 29.9. The van der Waals surface area contributed by atoms with Gasteiger partial charge >= 0.3 is 0 Å². The molecule has 2 aromatic rings. The van der Waals surface area contributed by atoms with Gasteiger partial charge in [0.05, 0.1) is 18.3 Å². The monoisotopic (exact) mass is 470 g/mol. The third-order valence-electron chi connectivity index (χ3n) is 7.49. The SMILES string of the molecule is Cc1noc(C)c1C(=O)N1CCC2(CC1)CC(c1nnc(C(C)C)o1)N(CC(=O)NC1CC1)C2. The van der Waals surface area contributed by atoms with Gasteiger partial charge in [-0.15, -0.1) is 10.2 Å². The van der Waals surface area contributed by atoms with Crippen molar-refractivity contribution in [2.45, 2.75) is 77.8 Å². The zero-order chi connectivity index (χ0) is 24.0. The Morgan fingerprint density at radius 1 is 1.18 bits per heavy atom. The van der Waals surface area contributed by atoms with Crippen LogP contribution >= 0.6 is 0 Å². The number of amides is 2. The van der Waals surface area contributed by atoms with E-state index in [4.69, 9.17) is 8.94 Å². The van der Waals surface area contributed by atoms with Crippen LogP contribution in [0.25, 0.3) is 0 Å². The topological polar surface area (TPSA) is 118 Å². The number of nitrogens with zero attached hydrogens (tertiary/aromatic N) is 5. The predicted octanol–water partition coefficient (Wildman–Crippen LogP) is 2.75. The Morgan fingerprint density at radius 3 is 2.50 bits per heavy atom. The van der Waals surface area contributed by atoms with E-state index in [1.54, 1.807) is 13.8 Å². The van der Waals surface area contributed by atoms with E-state index in [-0.39, 0.29) is 29.2 Å². The van der Waals surface area contributed by atoms with Crippen LogP contribution in [0.15, 0.2) is 8.94 Å². The molecule has 0 radical (unpaired) electrons. The summed E-state index contributed by atoms with van der Waals surface area (Å²) >= 11 is 0. The highest BCUT2D eigenvalue weighted by Gasteiger charge is 2.49. The molecule has 3 aliphatic rings. The highest BCUT2D eigenvalue weighted by atomic mass is 16.5. The summed E-state index contributed by atoms with van der Waals surface area (Å²) in [6.45, 7) is 10.1. The number of likely N-dealkylation sites (tertiary alicyclic amines) is 2. The number of carbonyl (C=O) groups is 2. The molecule has 10 nitrogen and oxygen atoms in total. The first-order valence-corrected chi connectivity index (χ1v) is 12.3. The Balaban J connectivity index is 1.30. The average Bonchev–Trinajstić information content (AvgIpc) is 3.19. The van der Waals surface area contributed by atoms with Gasteiger partial charge in [0.25, 0.3) is 5.91 Å². The maximum absolute atomic E-state index is 13.1. The van der Waals surface area contributed by atoms with E-state index >= 15 is 0 Å². The minimum absolute atomic E-state index is 0.00646. The van der Waals surface area contributed by atoms with Gasteiger partial charge in [0.1, 0.15) is 11.3 Å². The van der Waals surface area contributed by atoms with Gasteiger partial charge in [-0.2, -0.15) is 0 Å². The van der Waals surface area contributed by atoms with Crippen LogP contribution in [-0.2, 0) is 4.79 Å². The molecule has 1 N–H and O–H groups in total. The van der Waals surface area contributed by atoms with Gasteiger partial charge in [0.2, 0.25) is 17.7 Å². The molecule has 34 heavy (non-hydrogen) atoms. The van der Waals surface area contributed by atoms with Crippen LogP contribution in [0.1, 0.15) is 91.5 Å². The van der Waals surface area contributed by atoms with Crippen molar-refractivity contribution in [1.29, 1.82) is 0 Å². The van der Waals surface area contributed by atoms with Gasteiger partial charge in [-0.3, -0.25) is 14.5 Å². The molecule has 1 saturated carbocycles. The van der Waals surface area contributed by atoms with Gasteiger partial charge in [0.15, 0.2) is 0 Å². The molecule has 10 heteroatoms. The Hall–Kier alpha value is -2.75. The smallest absolute Gasteiger partial charge is 0.259 e. The van der Waals surface area contributed by atoms with Crippen LogP contribution in [0.2, 0.25) is 0 Å². The second-order valence-corrected chi connectivity index (χ2v) is 10.6. The molecule has 184 valence electrons. The van der Waals surface area contributed by atoms with Crippen molar-refractivity contribution < 1.29 is 18.5 Å². The molecular weight excluding hydrogens is 436 g/mol. The fraction of sp³-hybridized carbons (Fsp3) is 0.708.